The fourth-order valence-electron chi connectivity index (χ4n) is 2.29. The smallest absolute Gasteiger partial charge is 0.180 e. The molecule has 0 saturated heterocycles. The van der Waals surface area contributed by atoms with E-state index in [9.17, 15) is 0 Å². The summed E-state index contributed by atoms with van der Waals surface area (Å²) >= 11 is 1.67. The number of nitrogens with zero attached hydrogens (tertiary/aromatic N) is 2. The van der Waals surface area contributed by atoms with Gasteiger partial charge in [-0.15, -0.1) is 11.3 Å². The highest BCUT2D eigenvalue weighted by molar-refractivity contribution is 7.15. The minimum absolute atomic E-state index is 0.692. The third-order valence-electron chi connectivity index (χ3n) is 3.13. The Morgan fingerprint density at radius 1 is 1.60 bits per heavy atom. The largest absolute Gasteiger partial charge is 0.375 e. The van der Waals surface area contributed by atoms with Crippen LogP contribution in [0.25, 0.3) is 0 Å². The summed E-state index contributed by atoms with van der Waals surface area (Å²) in [6, 6.07) is 0.692. The van der Waals surface area contributed by atoms with Crippen LogP contribution < -0.4 is 5.73 Å². The molecule has 1 atom stereocenters. The van der Waals surface area contributed by atoms with E-state index >= 15 is 0 Å². The van der Waals surface area contributed by atoms with E-state index in [1.54, 1.807) is 11.3 Å². The molecule has 0 amide bonds. The molecule has 1 heterocycles. The molecular formula is C11H19N3S. The fourth-order valence-corrected chi connectivity index (χ4v) is 3.24. The highest BCUT2D eigenvalue weighted by Crippen LogP contribution is 2.29. The Morgan fingerprint density at radius 3 is 3.13 bits per heavy atom. The lowest BCUT2D eigenvalue weighted by Crippen LogP contribution is -2.36. The molecule has 0 bridgehead atoms. The molecule has 0 saturated carbocycles. The van der Waals surface area contributed by atoms with Crippen molar-refractivity contribution in [3.63, 3.8) is 0 Å². The number of nitrogens with two attached hydrogens (primary N) is 1. The number of anilines is 1. The predicted octanol–water partition coefficient (Wildman–Crippen LogP) is 1.92. The van der Waals surface area contributed by atoms with E-state index in [-0.39, 0.29) is 0 Å². The Bertz CT molecular complexity index is 335. The summed E-state index contributed by atoms with van der Waals surface area (Å²) in [6.07, 6.45) is 4.69. The van der Waals surface area contributed by atoms with Gasteiger partial charge in [0.25, 0.3) is 0 Å². The van der Waals surface area contributed by atoms with Gasteiger partial charge in [-0.2, -0.15) is 0 Å². The summed E-state index contributed by atoms with van der Waals surface area (Å²) in [5.74, 6) is 0. The number of likely N-dealkylation sites (N-methyl/N-ethyl adjacent to an activating group) is 1. The van der Waals surface area contributed by atoms with Crippen molar-refractivity contribution < 1.29 is 0 Å². The van der Waals surface area contributed by atoms with E-state index in [1.165, 1.54) is 30.0 Å². The Labute approximate surface area is 95.3 Å². The van der Waals surface area contributed by atoms with E-state index in [0.29, 0.717) is 6.04 Å². The molecule has 3 nitrogen and oxygen atoms in total. The zero-order valence-electron chi connectivity index (χ0n) is 9.49. The monoisotopic (exact) mass is 225 g/mol. The molecule has 1 aliphatic carbocycles. The zero-order valence-corrected chi connectivity index (χ0v) is 10.3. The van der Waals surface area contributed by atoms with Crippen LogP contribution in [0.3, 0.4) is 0 Å². The standard InChI is InChI=1S/C11H19N3S/c1-3-6-14(2)8-4-5-9-10(7-8)15-11(12)13-9/h8H,3-7H2,1-2H3,(H2,12,13)/t8-/m0/s1. The number of hydrogen-bond acceptors (Lipinski definition) is 4. The molecule has 15 heavy (non-hydrogen) atoms. The molecule has 1 aromatic heterocycles. The van der Waals surface area contributed by atoms with Crippen LogP contribution in [0.2, 0.25) is 0 Å². The summed E-state index contributed by atoms with van der Waals surface area (Å²) in [4.78, 5) is 8.25. The first-order valence-electron chi connectivity index (χ1n) is 5.65. The molecule has 1 aliphatic rings. The fraction of sp³-hybridized carbons (Fsp3) is 0.727. The van der Waals surface area contributed by atoms with E-state index in [2.05, 4.69) is 23.9 Å². The molecular weight excluding hydrogens is 206 g/mol. The van der Waals surface area contributed by atoms with Gasteiger partial charge in [0.1, 0.15) is 0 Å². The van der Waals surface area contributed by atoms with Gasteiger partial charge in [-0.3, -0.25) is 0 Å². The molecule has 0 aromatic carbocycles. The second kappa shape index (κ2) is 4.49. The summed E-state index contributed by atoms with van der Waals surface area (Å²) < 4.78 is 0. The topological polar surface area (TPSA) is 42.2 Å². The van der Waals surface area contributed by atoms with Crippen LogP contribution in [0.5, 0.6) is 0 Å². The summed E-state index contributed by atoms with van der Waals surface area (Å²) in [6.45, 7) is 3.42. The number of hydrogen-bond donors (Lipinski definition) is 1. The second-order valence-electron chi connectivity index (χ2n) is 4.30. The Balaban J connectivity index is 2.04. The molecule has 84 valence electrons. The lowest BCUT2D eigenvalue weighted by atomic mass is 9.96. The number of fused-ring (bicyclic) bond motifs is 1. The average Bonchev–Trinajstić information content (AvgIpc) is 2.57. The van der Waals surface area contributed by atoms with Gasteiger partial charge in [-0.05, 0) is 39.3 Å². The number of aryl methyl sites for hydroxylation is 1. The third-order valence-corrected chi connectivity index (χ3v) is 4.08. The number of rotatable bonds is 3. The van der Waals surface area contributed by atoms with Gasteiger partial charge in [-0.25, -0.2) is 4.98 Å². The first-order chi connectivity index (χ1) is 7.20. The van der Waals surface area contributed by atoms with Crippen LogP contribution in [0.15, 0.2) is 0 Å². The first-order valence-corrected chi connectivity index (χ1v) is 6.46. The lowest BCUT2D eigenvalue weighted by molar-refractivity contribution is 0.223. The Morgan fingerprint density at radius 2 is 2.40 bits per heavy atom. The van der Waals surface area contributed by atoms with Gasteiger partial charge in [0.2, 0.25) is 0 Å². The van der Waals surface area contributed by atoms with Crippen molar-refractivity contribution in [2.45, 2.75) is 38.6 Å². The van der Waals surface area contributed by atoms with Crippen LogP contribution in [0.4, 0.5) is 5.13 Å². The molecule has 0 fully saturated rings. The van der Waals surface area contributed by atoms with E-state index in [4.69, 9.17) is 5.73 Å². The highest BCUT2D eigenvalue weighted by atomic mass is 32.1. The Hall–Kier alpha value is -0.610. The molecule has 0 spiro atoms. The number of thiazole rings is 1. The van der Waals surface area contributed by atoms with Crippen molar-refractivity contribution in [2.24, 2.45) is 0 Å². The van der Waals surface area contributed by atoms with Gasteiger partial charge < -0.3 is 10.6 Å². The summed E-state index contributed by atoms with van der Waals surface area (Å²) in [5, 5.41) is 0.735. The quantitative estimate of drug-likeness (QED) is 0.854. The predicted molar refractivity (Wildman–Crippen MR) is 65.3 cm³/mol. The van der Waals surface area contributed by atoms with Gasteiger partial charge in [0, 0.05) is 10.9 Å². The van der Waals surface area contributed by atoms with Crippen LogP contribution in [0.1, 0.15) is 30.3 Å². The van der Waals surface area contributed by atoms with E-state index < -0.39 is 0 Å². The second-order valence-corrected chi connectivity index (χ2v) is 5.41. The Kier molecular flexibility index (Phi) is 3.26. The van der Waals surface area contributed by atoms with Crippen LogP contribution >= 0.6 is 11.3 Å². The van der Waals surface area contributed by atoms with E-state index in [1.807, 2.05) is 0 Å². The van der Waals surface area contributed by atoms with Gasteiger partial charge in [0.05, 0.1) is 5.69 Å². The molecule has 1 aromatic rings. The molecule has 4 heteroatoms. The minimum Gasteiger partial charge on any atom is -0.375 e. The first kappa shape index (κ1) is 10.9. The number of aromatic nitrogens is 1. The maximum atomic E-state index is 5.73. The van der Waals surface area contributed by atoms with Crippen molar-refractivity contribution in [2.75, 3.05) is 19.3 Å². The summed E-state index contributed by atoms with van der Waals surface area (Å²) in [5.41, 5.74) is 6.98. The lowest BCUT2D eigenvalue weighted by Gasteiger charge is -2.30. The maximum Gasteiger partial charge on any atom is 0.180 e. The van der Waals surface area contributed by atoms with Gasteiger partial charge in [0.15, 0.2) is 5.13 Å². The number of nitrogen functional groups attached to an aromatic ring is 1. The van der Waals surface area contributed by atoms with Crippen LogP contribution in [0, 0.1) is 0 Å². The SMILES string of the molecule is CCCN(C)[C@H]1CCc2nc(N)sc2C1. The van der Waals surface area contributed by atoms with Crippen molar-refractivity contribution in [3.8, 4) is 0 Å². The van der Waals surface area contributed by atoms with Gasteiger partial charge >= 0.3 is 0 Å². The van der Waals surface area contributed by atoms with Crippen molar-refractivity contribution in [1.82, 2.24) is 9.88 Å². The molecule has 0 unspecified atom stereocenters. The molecule has 0 radical (unpaired) electrons. The highest BCUT2D eigenvalue weighted by Gasteiger charge is 2.24. The zero-order chi connectivity index (χ0) is 10.8. The third kappa shape index (κ3) is 2.32. The van der Waals surface area contributed by atoms with Crippen molar-refractivity contribution in [1.29, 1.82) is 0 Å². The minimum atomic E-state index is 0.692. The maximum absolute atomic E-state index is 5.73. The van der Waals surface area contributed by atoms with Gasteiger partial charge in [-0.1, -0.05) is 6.92 Å². The molecule has 0 aliphatic heterocycles. The normalized spacial score (nSPS) is 20.6. The van der Waals surface area contributed by atoms with Crippen LogP contribution in [-0.2, 0) is 12.8 Å². The van der Waals surface area contributed by atoms with Crippen LogP contribution in [-0.4, -0.2) is 29.5 Å². The average molecular weight is 225 g/mol. The molecule has 2 rings (SSSR count). The summed E-state index contributed by atoms with van der Waals surface area (Å²) in [7, 11) is 2.23. The van der Waals surface area contributed by atoms with Crippen molar-refractivity contribution >= 4 is 16.5 Å². The van der Waals surface area contributed by atoms with E-state index in [0.717, 1.165) is 18.0 Å². The molecule has 2 N–H and O–H groups in total. The van der Waals surface area contributed by atoms with Crippen molar-refractivity contribution in [3.05, 3.63) is 10.6 Å².